The zero-order valence-electron chi connectivity index (χ0n) is 10.2. The number of nitro benzene ring substituents is 1. The van der Waals surface area contributed by atoms with E-state index >= 15 is 0 Å². The van der Waals surface area contributed by atoms with E-state index in [0.717, 1.165) is 12.8 Å². The molecule has 0 saturated carbocycles. The van der Waals surface area contributed by atoms with Gasteiger partial charge < -0.3 is 0 Å². The van der Waals surface area contributed by atoms with E-state index in [1.165, 1.54) is 12.1 Å². The summed E-state index contributed by atoms with van der Waals surface area (Å²) in [6.45, 7) is 1.98. The molecule has 0 unspecified atom stereocenters. The topological polar surface area (TPSA) is 97.5 Å². The van der Waals surface area contributed by atoms with Crippen molar-refractivity contribution in [2.24, 2.45) is 0 Å². The molecule has 0 aliphatic rings. The molecule has 1 N–H and O–H groups in total. The van der Waals surface area contributed by atoms with Crippen molar-refractivity contribution in [1.82, 2.24) is 0 Å². The molecule has 0 radical (unpaired) electrons. The van der Waals surface area contributed by atoms with Gasteiger partial charge in [-0.25, -0.2) is 0 Å². The van der Waals surface area contributed by atoms with E-state index in [1.54, 1.807) is 18.2 Å². The van der Waals surface area contributed by atoms with E-state index in [0.29, 0.717) is 6.42 Å². The molecule has 1 rings (SSSR count). The lowest BCUT2D eigenvalue weighted by molar-refractivity contribution is -0.384. The van der Waals surface area contributed by atoms with Crippen LogP contribution in [-0.2, 0) is 10.1 Å². The lowest BCUT2D eigenvalue weighted by Gasteiger charge is -1.92. The van der Waals surface area contributed by atoms with E-state index in [1.807, 2.05) is 6.92 Å². The molecule has 0 saturated heterocycles. The van der Waals surface area contributed by atoms with Crippen molar-refractivity contribution < 1.29 is 17.9 Å². The summed E-state index contributed by atoms with van der Waals surface area (Å²) < 4.78 is 28.3. The lowest BCUT2D eigenvalue weighted by atomic mass is 10.3. The maximum absolute atomic E-state index is 10.1. The third kappa shape index (κ3) is 9.73. The number of hydrogen-bond acceptors (Lipinski definition) is 4. The zero-order chi connectivity index (χ0) is 14.0. The highest BCUT2D eigenvalue weighted by Gasteiger charge is 2.01. The lowest BCUT2D eigenvalue weighted by Crippen LogP contribution is -2.02. The Labute approximate surface area is 107 Å². The number of para-hydroxylation sites is 1. The van der Waals surface area contributed by atoms with E-state index in [-0.39, 0.29) is 11.4 Å². The van der Waals surface area contributed by atoms with Crippen LogP contribution in [0.3, 0.4) is 0 Å². The third-order valence-corrected chi connectivity index (χ3v) is 2.78. The summed E-state index contributed by atoms with van der Waals surface area (Å²) in [7, 11) is -3.70. The summed E-state index contributed by atoms with van der Waals surface area (Å²) in [6.07, 6.45) is 2.39. The molecular weight excluding hydrogens is 258 g/mol. The van der Waals surface area contributed by atoms with Gasteiger partial charge in [0.1, 0.15) is 0 Å². The number of nitrogens with zero attached hydrogens (tertiary/aromatic N) is 1. The van der Waals surface area contributed by atoms with Gasteiger partial charge in [0.15, 0.2) is 0 Å². The molecule has 1 aromatic carbocycles. The van der Waals surface area contributed by atoms with E-state index in [2.05, 4.69) is 0 Å². The number of non-ortho nitro benzene ring substituents is 1. The molecule has 0 heterocycles. The molecule has 0 fully saturated rings. The molecular formula is C11H17NO5S. The second-order valence-corrected chi connectivity index (χ2v) is 5.16. The Balaban J connectivity index is 0.000000321. The molecule has 18 heavy (non-hydrogen) atoms. The second kappa shape index (κ2) is 8.60. The molecule has 0 bridgehead atoms. The normalized spacial score (nSPS) is 10.3. The summed E-state index contributed by atoms with van der Waals surface area (Å²) >= 11 is 0. The zero-order valence-corrected chi connectivity index (χ0v) is 11.0. The predicted molar refractivity (Wildman–Crippen MR) is 69.0 cm³/mol. The van der Waals surface area contributed by atoms with Crippen LogP contribution < -0.4 is 0 Å². The Morgan fingerprint density at radius 2 is 1.78 bits per heavy atom. The van der Waals surface area contributed by atoms with Crippen molar-refractivity contribution in [2.45, 2.75) is 26.2 Å². The number of hydrogen-bond donors (Lipinski definition) is 1. The maximum Gasteiger partial charge on any atom is 0.269 e. The molecule has 0 aliphatic heterocycles. The Kier molecular flexibility index (Phi) is 7.89. The van der Waals surface area contributed by atoms with Crippen LogP contribution in [0.4, 0.5) is 5.69 Å². The standard InChI is InChI=1S/C6H5NO2.C5H12O3S/c8-7(9)6-4-2-1-3-5-6;1-2-3-4-5-9(6,7)8/h1-5H;2-5H2,1H3,(H,6,7,8). The predicted octanol–water partition coefficient (Wildman–Crippen LogP) is 2.66. The van der Waals surface area contributed by atoms with Crippen molar-refractivity contribution >= 4 is 15.8 Å². The minimum atomic E-state index is -3.70. The van der Waals surface area contributed by atoms with Gasteiger partial charge in [-0.3, -0.25) is 14.7 Å². The molecule has 0 aliphatic carbocycles. The van der Waals surface area contributed by atoms with Crippen molar-refractivity contribution in [3.05, 3.63) is 40.4 Å². The van der Waals surface area contributed by atoms with Gasteiger partial charge in [0.25, 0.3) is 15.8 Å². The molecule has 6 nitrogen and oxygen atoms in total. The summed E-state index contributed by atoms with van der Waals surface area (Å²) in [5.74, 6) is -0.0964. The summed E-state index contributed by atoms with van der Waals surface area (Å²) in [4.78, 5) is 9.59. The van der Waals surface area contributed by atoms with Gasteiger partial charge in [0.2, 0.25) is 0 Å². The minimum Gasteiger partial charge on any atom is -0.286 e. The van der Waals surface area contributed by atoms with Crippen LogP contribution in [0.5, 0.6) is 0 Å². The van der Waals surface area contributed by atoms with Crippen molar-refractivity contribution in [2.75, 3.05) is 5.75 Å². The van der Waals surface area contributed by atoms with Crippen LogP contribution in [0, 0.1) is 10.1 Å². The smallest absolute Gasteiger partial charge is 0.269 e. The minimum absolute atomic E-state index is 0.0964. The fourth-order valence-electron chi connectivity index (χ4n) is 1.08. The van der Waals surface area contributed by atoms with Crippen molar-refractivity contribution in [3.63, 3.8) is 0 Å². The van der Waals surface area contributed by atoms with Crippen molar-refractivity contribution in [3.8, 4) is 0 Å². The summed E-state index contributed by atoms with van der Waals surface area (Å²) in [5, 5.41) is 10.0. The average molecular weight is 275 g/mol. The first-order valence-electron chi connectivity index (χ1n) is 5.51. The van der Waals surface area contributed by atoms with Crippen LogP contribution in [0.15, 0.2) is 30.3 Å². The van der Waals surface area contributed by atoms with Gasteiger partial charge in [0, 0.05) is 12.1 Å². The van der Waals surface area contributed by atoms with Crippen LogP contribution in [0.2, 0.25) is 0 Å². The number of unbranched alkanes of at least 4 members (excludes halogenated alkanes) is 2. The quantitative estimate of drug-likeness (QED) is 0.385. The van der Waals surface area contributed by atoms with Gasteiger partial charge in [0.05, 0.1) is 10.7 Å². The van der Waals surface area contributed by atoms with Crippen LogP contribution in [-0.4, -0.2) is 23.6 Å². The van der Waals surface area contributed by atoms with Crippen LogP contribution in [0.25, 0.3) is 0 Å². The fraction of sp³-hybridized carbons (Fsp3) is 0.455. The Morgan fingerprint density at radius 1 is 1.22 bits per heavy atom. The first-order chi connectivity index (χ1) is 8.37. The number of rotatable bonds is 5. The first-order valence-corrected chi connectivity index (χ1v) is 7.12. The van der Waals surface area contributed by atoms with Gasteiger partial charge in [-0.15, -0.1) is 0 Å². The van der Waals surface area contributed by atoms with Crippen LogP contribution in [0.1, 0.15) is 26.2 Å². The highest BCUT2D eigenvalue weighted by Crippen LogP contribution is 2.06. The van der Waals surface area contributed by atoms with E-state index in [9.17, 15) is 18.5 Å². The van der Waals surface area contributed by atoms with Gasteiger partial charge in [-0.05, 0) is 6.42 Å². The Bertz CT molecular complexity index is 444. The number of nitro groups is 1. The molecule has 0 atom stereocenters. The average Bonchev–Trinajstić information content (AvgIpc) is 2.30. The SMILES string of the molecule is CCCCCS(=O)(=O)O.O=[N+]([O-])c1ccccc1. The molecule has 102 valence electrons. The summed E-state index contributed by atoms with van der Waals surface area (Å²) in [5.41, 5.74) is 0.137. The second-order valence-electron chi connectivity index (χ2n) is 3.59. The largest absolute Gasteiger partial charge is 0.286 e. The molecule has 7 heteroatoms. The van der Waals surface area contributed by atoms with Crippen molar-refractivity contribution in [1.29, 1.82) is 0 Å². The molecule has 1 aromatic rings. The highest BCUT2D eigenvalue weighted by molar-refractivity contribution is 7.85. The first kappa shape index (κ1) is 16.5. The molecule has 0 aromatic heterocycles. The van der Waals surface area contributed by atoms with Gasteiger partial charge in [-0.2, -0.15) is 8.42 Å². The Morgan fingerprint density at radius 3 is 2.11 bits per heavy atom. The monoisotopic (exact) mass is 275 g/mol. The number of benzene rings is 1. The maximum atomic E-state index is 10.1. The summed E-state index contributed by atoms with van der Waals surface area (Å²) in [6, 6.07) is 7.93. The van der Waals surface area contributed by atoms with E-state index in [4.69, 9.17) is 4.55 Å². The van der Waals surface area contributed by atoms with Gasteiger partial charge >= 0.3 is 0 Å². The highest BCUT2D eigenvalue weighted by atomic mass is 32.2. The molecule has 0 spiro atoms. The van der Waals surface area contributed by atoms with Crippen LogP contribution >= 0.6 is 0 Å². The van der Waals surface area contributed by atoms with E-state index < -0.39 is 15.0 Å². The third-order valence-electron chi connectivity index (χ3n) is 1.97. The Hall–Kier alpha value is -1.47. The fourth-order valence-corrected chi connectivity index (χ4v) is 1.65. The molecule has 0 amide bonds. The van der Waals surface area contributed by atoms with Gasteiger partial charge in [-0.1, -0.05) is 38.0 Å².